The molecule has 2 aromatic rings. The maximum absolute atomic E-state index is 9.97. The van der Waals surface area contributed by atoms with Gasteiger partial charge in [0.15, 0.2) is 11.5 Å². The third kappa shape index (κ3) is 4.88. The molecular weight excluding hydrogens is 308 g/mol. The van der Waals surface area contributed by atoms with Crippen molar-refractivity contribution in [2.24, 2.45) is 0 Å². The monoisotopic (exact) mass is 330 g/mol. The number of hydrogen-bond donors (Lipinski definition) is 1. The van der Waals surface area contributed by atoms with Crippen molar-refractivity contribution in [3.05, 3.63) is 54.1 Å². The number of aliphatic hydroxyl groups is 1. The molecule has 0 bridgehead atoms. The Morgan fingerprint density at radius 1 is 0.958 bits per heavy atom. The molecule has 0 aromatic heterocycles. The second-order valence-electron chi connectivity index (χ2n) is 5.62. The molecule has 0 spiro atoms. The molecule has 0 fully saturated rings. The third-order valence-corrected chi connectivity index (χ3v) is 3.58. The van der Waals surface area contributed by atoms with Crippen LogP contribution < -0.4 is 14.2 Å². The summed E-state index contributed by atoms with van der Waals surface area (Å²) in [6, 6.07) is 15.3. The summed E-state index contributed by atoms with van der Waals surface area (Å²) >= 11 is 0. The fourth-order valence-corrected chi connectivity index (χ4v) is 2.36. The van der Waals surface area contributed by atoms with Crippen LogP contribution in [-0.4, -0.2) is 37.6 Å². The van der Waals surface area contributed by atoms with Crippen molar-refractivity contribution in [2.75, 3.05) is 26.4 Å². The Kier molecular flexibility index (Phi) is 5.93. The molecule has 5 heteroatoms. The number of aliphatic hydroxyl groups excluding tert-OH is 1. The fourth-order valence-electron chi connectivity index (χ4n) is 2.36. The largest absolute Gasteiger partial charge is 0.491 e. The molecular formula is C19H22O5. The first-order chi connectivity index (χ1) is 11.8. The average Bonchev–Trinajstić information content (AvgIpc) is 2.86. The van der Waals surface area contributed by atoms with Gasteiger partial charge in [0.05, 0.1) is 26.4 Å². The smallest absolute Gasteiger partial charge is 0.164 e. The van der Waals surface area contributed by atoms with E-state index in [0.29, 0.717) is 31.3 Å². The van der Waals surface area contributed by atoms with Gasteiger partial charge in [0, 0.05) is 12.5 Å². The summed E-state index contributed by atoms with van der Waals surface area (Å²) in [5, 5.41) is 9.97. The van der Waals surface area contributed by atoms with Crippen LogP contribution in [0.15, 0.2) is 48.5 Å². The van der Waals surface area contributed by atoms with Gasteiger partial charge < -0.3 is 24.1 Å². The summed E-state index contributed by atoms with van der Waals surface area (Å²) in [5.41, 5.74) is 1.08. The summed E-state index contributed by atoms with van der Waals surface area (Å²) < 4.78 is 22.3. The Balaban J connectivity index is 1.42. The lowest BCUT2D eigenvalue weighted by Crippen LogP contribution is -2.23. The van der Waals surface area contributed by atoms with Gasteiger partial charge in [-0.3, -0.25) is 0 Å². The summed E-state index contributed by atoms with van der Waals surface area (Å²) in [6.07, 6.45) is 0.173. The third-order valence-electron chi connectivity index (χ3n) is 3.58. The van der Waals surface area contributed by atoms with Crippen LogP contribution in [0.5, 0.6) is 17.2 Å². The highest BCUT2D eigenvalue weighted by molar-refractivity contribution is 5.45. The van der Waals surface area contributed by atoms with Crippen molar-refractivity contribution in [3.8, 4) is 17.2 Å². The van der Waals surface area contributed by atoms with Crippen LogP contribution in [0.3, 0.4) is 0 Å². The molecule has 1 heterocycles. The first kappa shape index (κ1) is 16.6. The minimum atomic E-state index is -0.690. The molecule has 2 aromatic carbocycles. The topological polar surface area (TPSA) is 57.2 Å². The summed E-state index contributed by atoms with van der Waals surface area (Å²) in [5.74, 6) is 2.05. The molecule has 1 aliphatic rings. The van der Waals surface area contributed by atoms with E-state index in [0.717, 1.165) is 17.7 Å². The van der Waals surface area contributed by atoms with Gasteiger partial charge in [-0.05, 0) is 17.7 Å². The number of ether oxygens (including phenoxy) is 4. The molecule has 0 amide bonds. The predicted molar refractivity (Wildman–Crippen MR) is 89.6 cm³/mol. The zero-order valence-electron chi connectivity index (χ0n) is 13.5. The van der Waals surface area contributed by atoms with Crippen LogP contribution in [0, 0.1) is 0 Å². The van der Waals surface area contributed by atoms with Crippen molar-refractivity contribution in [1.29, 1.82) is 0 Å². The van der Waals surface area contributed by atoms with Crippen LogP contribution in [-0.2, 0) is 11.3 Å². The highest BCUT2D eigenvalue weighted by atomic mass is 16.5. The Morgan fingerprint density at radius 2 is 1.75 bits per heavy atom. The van der Waals surface area contributed by atoms with Crippen LogP contribution in [0.1, 0.15) is 12.0 Å². The maximum Gasteiger partial charge on any atom is 0.164 e. The lowest BCUT2D eigenvalue weighted by molar-refractivity contribution is 0.00545. The van der Waals surface area contributed by atoms with Crippen LogP contribution in [0.2, 0.25) is 0 Å². The van der Waals surface area contributed by atoms with Gasteiger partial charge in [0.1, 0.15) is 18.5 Å². The second-order valence-corrected chi connectivity index (χ2v) is 5.62. The molecule has 1 N–H and O–H groups in total. The molecule has 0 aliphatic carbocycles. The highest BCUT2D eigenvalue weighted by Gasteiger charge is 2.12. The summed E-state index contributed by atoms with van der Waals surface area (Å²) in [7, 11) is 0. The Bertz CT molecular complexity index is 629. The minimum Gasteiger partial charge on any atom is -0.491 e. The molecule has 3 rings (SSSR count). The average molecular weight is 330 g/mol. The van der Waals surface area contributed by atoms with Crippen molar-refractivity contribution in [2.45, 2.75) is 19.1 Å². The zero-order chi connectivity index (χ0) is 16.6. The molecule has 0 radical (unpaired) electrons. The Labute approximate surface area is 141 Å². The number of rotatable bonds is 7. The molecule has 128 valence electrons. The van der Waals surface area contributed by atoms with E-state index >= 15 is 0 Å². The van der Waals surface area contributed by atoms with E-state index in [1.165, 1.54) is 0 Å². The Hall–Kier alpha value is -2.24. The first-order valence-electron chi connectivity index (χ1n) is 8.13. The predicted octanol–water partition coefficient (Wildman–Crippen LogP) is 2.80. The molecule has 0 saturated carbocycles. The molecule has 24 heavy (non-hydrogen) atoms. The van der Waals surface area contributed by atoms with E-state index < -0.39 is 6.10 Å². The number of hydrogen-bond acceptors (Lipinski definition) is 5. The van der Waals surface area contributed by atoms with Gasteiger partial charge >= 0.3 is 0 Å². The van der Waals surface area contributed by atoms with Gasteiger partial charge in [0.25, 0.3) is 0 Å². The van der Waals surface area contributed by atoms with Crippen LogP contribution >= 0.6 is 0 Å². The SMILES string of the molecule is O[C@@H](COCc1ccccc1)COc1ccc2c(c1)OCCCO2. The van der Waals surface area contributed by atoms with Gasteiger partial charge in [-0.25, -0.2) is 0 Å². The van der Waals surface area contributed by atoms with E-state index in [4.69, 9.17) is 18.9 Å². The summed E-state index contributed by atoms with van der Waals surface area (Å²) in [6.45, 7) is 2.15. The van der Waals surface area contributed by atoms with E-state index in [2.05, 4.69) is 0 Å². The Morgan fingerprint density at radius 3 is 2.58 bits per heavy atom. The number of fused-ring (bicyclic) bond motifs is 1. The van der Waals surface area contributed by atoms with E-state index in [9.17, 15) is 5.11 Å². The van der Waals surface area contributed by atoms with Crippen LogP contribution in [0.4, 0.5) is 0 Å². The minimum absolute atomic E-state index is 0.161. The van der Waals surface area contributed by atoms with Crippen molar-refractivity contribution in [1.82, 2.24) is 0 Å². The lowest BCUT2D eigenvalue weighted by atomic mass is 10.2. The van der Waals surface area contributed by atoms with Gasteiger partial charge in [-0.1, -0.05) is 30.3 Å². The summed E-state index contributed by atoms with van der Waals surface area (Å²) in [4.78, 5) is 0. The van der Waals surface area contributed by atoms with Crippen molar-refractivity contribution < 1.29 is 24.1 Å². The van der Waals surface area contributed by atoms with Crippen molar-refractivity contribution >= 4 is 0 Å². The molecule has 1 aliphatic heterocycles. The van der Waals surface area contributed by atoms with E-state index in [1.54, 1.807) is 6.07 Å². The van der Waals surface area contributed by atoms with E-state index in [1.807, 2.05) is 42.5 Å². The molecule has 0 saturated heterocycles. The van der Waals surface area contributed by atoms with Gasteiger partial charge in [0.2, 0.25) is 0 Å². The highest BCUT2D eigenvalue weighted by Crippen LogP contribution is 2.33. The zero-order valence-corrected chi connectivity index (χ0v) is 13.5. The van der Waals surface area contributed by atoms with Gasteiger partial charge in [-0.2, -0.15) is 0 Å². The van der Waals surface area contributed by atoms with Gasteiger partial charge in [-0.15, -0.1) is 0 Å². The fraction of sp³-hybridized carbons (Fsp3) is 0.368. The van der Waals surface area contributed by atoms with Crippen molar-refractivity contribution in [3.63, 3.8) is 0 Å². The molecule has 1 atom stereocenters. The standard InChI is InChI=1S/C19H22O5/c20-16(13-21-12-15-5-2-1-3-6-15)14-24-17-7-8-18-19(11-17)23-10-4-9-22-18/h1-3,5-8,11,16,20H,4,9-10,12-14H2/t16-/m0/s1. The molecule has 5 nitrogen and oxygen atoms in total. The lowest BCUT2D eigenvalue weighted by Gasteiger charge is -2.14. The quantitative estimate of drug-likeness (QED) is 0.846. The maximum atomic E-state index is 9.97. The van der Waals surface area contributed by atoms with E-state index in [-0.39, 0.29) is 13.2 Å². The normalized spacial score (nSPS) is 14.7. The van der Waals surface area contributed by atoms with Crippen LogP contribution in [0.25, 0.3) is 0 Å². The number of benzene rings is 2. The second kappa shape index (κ2) is 8.57. The first-order valence-corrected chi connectivity index (χ1v) is 8.13. The molecule has 0 unspecified atom stereocenters.